The molecule has 0 fully saturated rings. The van der Waals surface area contributed by atoms with E-state index in [2.05, 4.69) is 20.8 Å². The van der Waals surface area contributed by atoms with Gasteiger partial charge in [0, 0.05) is 13.2 Å². The molecule has 3 nitrogen and oxygen atoms in total. The van der Waals surface area contributed by atoms with E-state index in [-0.39, 0.29) is 30.7 Å². The van der Waals surface area contributed by atoms with Gasteiger partial charge in [0.2, 0.25) is 0 Å². The summed E-state index contributed by atoms with van der Waals surface area (Å²) in [6.07, 6.45) is 5.63. The topological polar surface area (TPSA) is 60.7 Å². The van der Waals surface area contributed by atoms with Gasteiger partial charge in [-0.2, -0.15) is 0 Å². The van der Waals surface area contributed by atoms with Crippen LogP contribution in [0, 0.1) is 17.3 Å². The lowest BCUT2D eigenvalue weighted by Gasteiger charge is -2.32. The van der Waals surface area contributed by atoms with Crippen molar-refractivity contribution in [1.29, 1.82) is 0 Å². The Kier molecular flexibility index (Phi) is 9.67. The van der Waals surface area contributed by atoms with Crippen LogP contribution in [-0.2, 0) is 0 Å². The SMILES string of the molecule is CCC(CO)CCCCC(C)(C)C(O)CC(C)CO. The summed E-state index contributed by atoms with van der Waals surface area (Å²) in [5, 5.41) is 28.4. The summed E-state index contributed by atoms with van der Waals surface area (Å²) in [6, 6.07) is 0. The van der Waals surface area contributed by atoms with Crippen molar-refractivity contribution >= 4 is 0 Å². The molecule has 3 atom stereocenters. The van der Waals surface area contributed by atoms with Crippen molar-refractivity contribution in [2.45, 2.75) is 72.3 Å². The molecule has 0 aromatic heterocycles. The van der Waals surface area contributed by atoms with Gasteiger partial charge >= 0.3 is 0 Å². The molecule has 0 aromatic rings. The summed E-state index contributed by atoms with van der Waals surface area (Å²) in [7, 11) is 0. The fourth-order valence-corrected chi connectivity index (χ4v) is 2.38. The second-order valence-corrected chi connectivity index (χ2v) is 6.73. The van der Waals surface area contributed by atoms with Crippen molar-refractivity contribution in [3.05, 3.63) is 0 Å². The maximum Gasteiger partial charge on any atom is 0.0594 e. The molecule has 0 saturated carbocycles. The highest BCUT2D eigenvalue weighted by Gasteiger charge is 2.28. The predicted octanol–water partition coefficient (Wildman–Crippen LogP) is 2.97. The van der Waals surface area contributed by atoms with Gasteiger partial charge in [-0.15, -0.1) is 0 Å². The second kappa shape index (κ2) is 9.73. The molecule has 19 heavy (non-hydrogen) atoms. The van der Waals surface area contributed by atoms with Crippen LogP contribution in [-0.4, -0.2) is 34.6 Å². The van der Waals surface area contributed by atoms with Crippen LogP contribution in [0.15, 0.2) is 0 Å². The van der Waals surface area contributed by atoms with Gasteiger partial charge in [0.25, 0.3) is 0 Å². The zero-order valence-electron chi connectivity index (χ0n) is 13.2. The number of aliphatic hydroxyl groups excluding tert-OH is 3. The van der Waals surface area contributed by atoms with Crippen LogP contribution in [0.4, 0.5) is 0 Å². The van der Waals surface area contributed by atoms with Crippen LogP contribution in [0.1, 0.15) is 66.2 Å². The summed E-state index contributed by atoms with van der Waals surface area (Å²) >= 11 is 0. The molecular formula is C16H34O3. The molecule has 0 bridgehead atoms. The Morgan fingerprint density at radius 3 is 2.16 bits per heavy atom. The lowest BCUT2D eigenvalue weighted by Crippen LogP contribution is -2.31. The van der Waals surface area contributed by atoms with Gasteiger partial charge in [0.05, 0.1) is 6.10 Å². The van der Waals surface area contributed by atoms with Gasteiger partial charge in [-0.3, -0.25) is 0 Å². The van der Waals surface area contributed by atoms with E-state index in [1.54, 1.807) is 0 Å². The average molecular weight is 274 g/mol. The lowest BCUT2D eigenvalue weighted by atomic mass is 9.78. The third-order valence-corrected chi connectivity index (χ3v) is 4.36. The molecule has 0 aliphatic heterocycles. The summed E-state index contributed by atoms with van der Waals surface area (Å²) in [5.74, 6) is 0.593. The Balaban J connectivity index is 3.95. The van der Waals surface area contributed by atoms with Crippen LogP contribution >= 0.6 is 0 Å². The zero-order valence-corrected chi connectivity index (χ0v) is 13.2. The van der Waals surface area contributed by atoms with Crippen LogP contribution in [0.2, 0.25) is 0 Å². The first-order valence-electron chi connectivity index (χ1n) is 7.77. The van der Waals surface area contributed by atoms with E-state index in [1.807, 2.05) is 6.92 Å². The second-order valence-electron chi connectivity index (χ2n) is 6.73. The number of unbranched alkanes of at least 4 members (excludes halogenated alkanes) is 1. The average Bonchev–Trinajstić information content (AvgIpc) is 2.38. The summed E-state index contributed by atoms with van der Waals surface area (Å²) in [6.45, 7) is 8.71. The van der Waals surface area contributed by atoms with Crippen LogP contribution in [0.5, 0.6) is 0 Å². The van der Waals surface area contributed by atoms with Gasteiger partial charge in [-0.1, -0.05) is 47.0 Å². The highest BCUT2D eigenvalue weighted by molar-refractivity contribution is 4.79. The van der Waals surface area contributed by atoms with E-state index >= 15 is 0 Å². The lowest BCUT2D eigenvalue weighted by molar-refractivity contribution is 0.0171. The quantitative estimate of drug-likeness (QED) is 0.508. The highest BCUT2D eigenvalue weighted by atomic mass is 16.3. The van der Waals surface area contributed by atoms with Gasteiger partial charge < -0.3 is 15.3 Å². The molecule has 3 N–H and O–H groups in total. The van der Waals surface area contributed by atoms with Gasteiger partial charge in [-0.25, -0.2) is 0 Å². The normalized spacial score (nSPS) is 17.2. The first-order chi connectivity index (χ1) is 8.87. The summed E-state index contributed by atoms with van der Waals surface area (Å²) in [4.78, 5) is 0. The van der Waals surface area contributed by atoms with E-state index in [0.29, 0.717) is 12.3 Å². The van der Waals surface area contributed by atoms with E-state index in [1.165, 1.54) is 0 Å². The molecule has 0 aromatic carbocycles. The van der Waals surface area contributed by atoms with Crippen LogP contribution in [0.25, 0.3) is 0 Å². The van der Waals surface area contributed by atoms with E-state index < -0.39 is 0 Å². The Morgan fingerprint density at radius 1 is 1.05 bits per heavy atom. The third-order valence-electron chi connectivity index (χ3n) is 4.36. The molecule has 3 heteroatoms. The van der Waals surface area contributed by atoms with Gasteiger partial charge in [-0.05, 0) is 36.5 Å². The molecule has 0 spiro atoms. The third kappa shape index (κ3) is 7.91. The molecule has 0 heterocycles. The van der Waals surface area contributed by atoms with E-state index in [4.69, 9.17) is 10.2 Å². The Morgan fingerprint density at radius 2 is 1.68 bits per heavy atom. The summed E-state index contributed by atoms with van der Waals surface area (Å²) in [5.41, 5.74) is -0.0929. The van der Waals surface area contributed by atoms with E-state index in [9.17, 15) is 5.11 Å². The number of rotatable bonds is 11. The first kappa shape index (κ1) is 18.9. The first-order valence-corrected chi connectivity index (χ1v) is 7.77. The number of hydrogen-bond donors (Lipinski definition) is 3. The van der Waals surface area contributed by atoms with Crippen molar-refractivity contribution in [1.82, 2.24) is 0 Å². The van der Waals surface area contributed by atoms with Crippen molar-refractivity contribution < 1.29 is 15.3 Å². The van der Waals surface area contributed by atoms with Gasteiger partial charge in [0.15, 0.2) is 0 Å². The Labute approximate surface area is 119 Å². The standard InChI is InChI=1S/C16H34O3/c1-5-14(12-18)8-6-7-9-16(3,4)15(19)10-13(2)11-17/h13-15,17-19H,5-12H2,1-4H3. The monoisotopic (exact) mass is 274 g/mol. The predicted molar refractivity (Wildman–Crippen MR) is 80.0 cm³/mol. The van der Waals surface area contributed by atoms with Crippen LogP contribution in [0.3, 0.4) is 0 Å². The van der Waals surface area contributed by atoms with Crippen molar-refractivity contribution in [2.75, 3.05) is 13.2 Å². The highest BCUT2D eigenvalue weighted by Crippen LogP contribution is 2.31. The smallest absolute Gasteiger partial charge is 0.0594 e. The van der Waals surface area contributed by atoms with Crippen molar-refractivity contribution in [3.8, 4) is 0 Å². The molecular weight excluding hydrogens is 240 g/mol. The molecule has 0 aliphatic carbocycles. The zero-order chi connectivity index (χ0) is 14.9. The molecule has 0 rings (SSSR count). The maximum atomic E-state index is 10.2. The minimum absolute atomic E-state index is 0.0929. The molecule has 3 unspecified atom stereocenters. The molecule has 0 aliphatic rings. The molecule has 0 saturated heterocycles. The Bertz CT molecular complexity index is 212. The Hall–Kier alpha value is -0.120. The fourth-order valence-electron chi connectivity index (χ4n) is 2.38. The molecule has 116 valence electrons. The van der Waals surface area contributed by atoms with Crippen LogP contribution < -0.4 is 0 Å². The fraction of sp³-hybridized carbons (Fsp3) is 1.00. The number of aliphatic hydroxyl groups is 3. The van der Waals surface area contributed by atoms with Crippen molar-refractivity contribution in [3.63, 3.8) is 0 Å². The maximum absolute atomic E-state index is 10.2. The molecule has 0 amide bonds. The number of hydrogen-bond acceptors (Lipinski definition) is 3. The van der Waals surface area contributed by atoms with Crippen molar-refractivity contribution in [2.24, 2.45) is 17.3 Å². The van der Waals surface area contributed by atoms with E-state index in [0.717, 1.165) is 32.1 Å². The van der Waals surface area contributed by atoms with Gasteiger partial charge in [0.1, 0.15) is 0 Å². The minimum atomic E-state index is -0.352. The largest absolute Gasteiger partial charge is 0.396 e. The molecule has 0 radical (unpaired) electrons. The summed E-state index contributed by atoms with van der Waals surface area (Å²) < 4.78 is 0. The minimum Gasteiger partial charge on any atom is -0.396 e.